The third-order valence-corrected chi connectivity index (χ3v) is 5.05. The topological polar surface area (TPSA) is 75.6 Å². The van der Waals surface area contributed by atoms with Gasteiger partial charge in [0.2, 0.25) is 0 Å². The molecule has 0 spiro atoms. The van der Waals surface area contributed by atoms with Crippen LogP contribution in [0.4, 0.5) is 0 Å². The van der Waals surface area contributed by atoms with Gasteiger partial charge in [0, 0.05) is 12.1 Å². The Labute approximate surface area is 169 Å². The van der Waals surface area contributed by atoms with Crippen LogP contribution in [0, 0.1) is 32.2 Å². The number of carbonyl (C=O) groups excluding carboxylic acids is 1. The van der Waals surface area contributed by atoms with Gasteiger partial charge in [0.25, 0.3) is 0 Å². The van der Waals surface area contributed by atoms with Crippen LogP contribution >= 0.6 is 0 Å². The second-order valence-corrected chi connectivity index (χ2v) is 13.8. The lowest BCUT2D eigenvalue weighted by atomic mass is 9.88. The molecule has 0 aromatic heterocycles. The molecule has 154 valence electrons. The summed E-state index contributed by atoms with van der Waals surface area (Å²) in [5, 5.41) is 12.8. The highest BCUT2D eigenvalue weighted by molar-refractivity contribution is 6.83. The zero-order valence-corrected chi connectivity index (χ0v) is 19.6. The number of carboxylic acids is 1. The molecule has 5 nitrogen and oxygen atoms in total. The number of hydrogen-bond donors (Lipinski definition) is 2. The van der Waals surface area contributed by atoms with E-state index in [1.54, 1.807) is 0 Å². The molecule has 0 unspecified atom stereocenters. The van der Waals surface area contributed by atoms with Gasteiger partial charge in [-0.25, -0.2) is 4.79 Å². The number of rotatable bonds is 5. The van der Waals surface area contributed by atoms with Gasteiger partial charge in [-0.05, 0) is 63.8 Å². The zero-order valence-electron chi connectivity index (χ0n) is 18.6. The van der Waals surface area contributed by atoms with Crippen molar-refractivity contribution in [2.75, 3.05) is 6.54 Å². The molecule has 0 atom stereocenters. The molecule has 0 saturated heterocycles. The van der Waals surface area contributed by atoms with Crippen molar-refractivity contribution in [1.29, 1.82) is 0 Å². The molecule has 28 heavy (non-hydrogen) atoms. The molecule has 2 N–H and O–H groups in total. The molecule has 0 aliphatic heterocycles. The molecular formula is C22H33NO4Si. The zero-order chi connectivity index (χ0) is 21.9. The number of aromatic carboxylic acids is 1. The molecular weight excluding hydrogens is 370 g/mol. The Bertz CT molecular complexity index is 834. The van der Waals surface area contributed by atoms with Gasteiger partial charge >= 0.3 is 11.9 Å². The van der Waals surface area contributed by atoms with Crippen molar-refractivity contribution in [3.05, 3.63) is 33.4 Å². The standard InChI is InChI=1S/C22H33NO4Si/c1-14-17(10-11-28(7,8)9)15(2)20(21(25)26)16(3)18(14)12-23-13-19(24)27-22(4,5)6/h23H,12-13H2,1-9H3,(H,25,26). The molecule has 0 amide bonds. The monoisotopic (exact) mass is 403 g/mol. The first-order chi connectivity index (χ1) is 12.6. The molecule has 0 heterocycles. The van der Waals surface area contributed by atoms with E-state index in [1.807, 2.05) is 41.5 Å². The predicted octanol–water partition coefficient (Wildman–Crippen LogP) is 3.97. The van der Waals surface area contributed by atoms with Crippen LogP contribution in [0.25, 0.3) is 0 Å². The van der Waals surface area contributed by atoms with E-state index in [4.69, 9.17) is 4.74 Å². The average Bonchev–Trinajstić information content (AvgIpc) is 2.47. The van der Waals surface area contributed by atoms with Gasteiger partial charge in [0.15, 0.2) is 0 Å². The van der Waals surface area contributed by atoms with Crippen LogP contribution in [0.15, 0.2) is 0 Å². The van der Waals surface area contributed by atoms with Crippen molar-refractivity contribution >= 4 is 20.0 Å². The molecule has 1 aromatic carbocycles. The second kappa shape index (κ2) is 8.93. The molecule has 1 rings (SSSR count). The number of ether oxygens (including phenoxy) is 1. The van der Waals surface area contributed by atoms with Gasteiger partial charge in [0.05, 0.1) is 12.1 Å². The number of carboxylic acid groups (broad SMARTS) is 1. The van der Waals surface area contributed by atoms with Crippen LogP contribution in [0.2, 0.25) is 19.6 Å². The number of esters is 1. The first-order valence-corrected chi connectivity index (χ1v) is 13.0. The fourth-order valence-electron chi connectivity index (χ4n) is 2.96. The highest BCUT2D eigenvalue weighted by Gasteiger charge is 2.21. The summed E-state index contributed by atoms with van der Waals surface area (Å²) in [6.45, 7) is 17.9. The molecule has 0 saturated carbocycles. The number of nitrogens with one attached hydrogen (secondary N) is 1. The lowest BCUT2D eigenvalue weighted by Gasteiger charge is -2.21. The Morgan fingerprint density at radius 3 is 2.11 bits per heavy atom. The van der Waals surface area contributed by atoms with E-state index in [-0.39, 0.29) is 12.5 Å². The van der Waals surface area contributed by atoms with E-state index in [0.29, 0.717) is 23.2 Å². The summed E-state index contributed by atoms with van der Waals surface area (Å²) in [6, 6.07) is 0. The quantitative estimate of drug-likeness (QED) is 0.442. The van der Waals surface area contributed by atoms with Crippen LogP contribution in [0.5, 0.6) is 0 Å². The maximum atomic E-state index is 11.9. The average molecular weight is 404 g/mol. The summed E-state index contributed by atoms with van der Waals surface area (Å²) in [6.07, 6.45) is 0. The number of carbonyl (C=O) groups is 2. The molecule has 0 radical (unpaired) electrons. The fraction of sp³-hybridized carbons (Fsp3) is 0.545. The van der Waals surface area contributed by atoms with Gasteiger partial charge in [-0.3, -0.25) is 4.79 Å². The Balaban J connectivity index is 3.27. The maximum absolute atomic E-state index is 11.9. The summed E-state index contributed by atoms with van der Waals surface area (Å²) >= 11 is 0. The smallest absolute Gasteiger partial charge is 0.336 e. The molecule has 0 fully saturated rings. The third kappa shape index (κ3) is 6.81. The van der Waals surface area contributed by atoms with Crippen LogP contribution in [0.3, 0.4) is 0 Å². The molecule has 0 bridgehead atoms. The minimum atomic E-state index is -1.61. The first kappa shape index (κ1) is 23.9. The van der Waals surface area contributed by atoms with E-state index >= 15 is 0 Å². The Morgan fingerprint density at radius 1 is 1.07 bits per heavy atom. The van der Waals surface area contributed by atoms with Crippen molar-refractivity contribution in [3.8, 4) is 11.5 Å². The maximum Gasteiger partial charge on any atom is 0.336 e. The summed E-state index contributed by atoms with van der Waals surface area (Å²) in [7, 11) is -1.61. The lowest BCUT2D eigenvalue weighted by molar-refractivity contribution is -0.153. The van der Waals surface area contributed by atoms with Gasteiger partial charge in [-0.2, -0.15) is 0 Å². The summed E-state index contributed by atoms with van der Waals surface area (Å²) in [4.78, 5) is 23.8. The third-order valence-electron chi connectivity index (χ3n) is 4.17. The summed E-state index contributed by atoms with van der Waals surface area (Å²) < 4.78 is 5.30. The van der Waals surface area contributed by atoms with Gasteiger partial charge < -0.3 is 15.2 Å². The predicted molar refractivity (Wildman–Crippen MR) is 115 cm³/mol. The van der Waals surface area contributed by atoms with E-state index in [9.17, 15) is 14.7 Å². The van der Waals surface area contributed by atoms with Crippen LogP contribution in [-0.2, 0) is 16.1 Å². The van der Waals surface area contributed by atoms with E-state index in [0.717, 1.165) is 16.7 Å². The normalized spacial score (nSPS) is 11.6. The van der Waals surface area contributed by atoms with E-state index in [1.165, 1.54) is 0 Å². The van der Waals surface area contributed by atoms with Crippen molar-refractivity contribution in [2.24, 2.45) is 0 Å². The lowest BCUT2D eigenvalue weighted by Crippen LogP contribution is -2.31. The highest BCUT2D eigenvalue weighted by atomic mass is 28.3. The van der Waals surface area contributed by atoms with E-state index < -0.39 is 19.6 Å². The van der Waals surface area contributed by atoms with Gasteiger partial charge in [0.1, 0.15) is 13.7 Å². The Morgan fingerprint density at radius 2 is 1.64 bits per heavy atom. The van der Waals surface area contributed by atoms with Gasteiger partial charge in [-0.1, -0.05) is 25.6 Å². The summed E-state index contributed by atoms with van der Waals surface area (Å²) in [5.74, 6) is 1.94. The largest absolute Gasteiger partial charge is 0.478 e. The van der Waals surface area contributed by atoms with Crippen molar-refractivity contribution in [1.82, 2.24) is 5.32 Å². The SMILES string of the molecule is Cc1c(C#C[Si](C)(C)C)c(C)c(C(=O)O)c(C)c1CNCC(=O)OC(C)(C)C. The van der Waals surface area contributed by atoms with Crippen molar-refractivity contribution < 1.29 is 19.4 Å². The fourth-order valence-corrected chi connectivity index (χ4v) is 3.46. The Hall–Kier alpha value is -2.10. The number of hydrogen-bond acceptors (Lipinski definition) is 4. The molecule has 6 heteroatoms. The van der Waals surface area contributed by atoms with Crippen molar-refractivity contribution in [3.63, 3.8) is 0 Å². The van der Waals surface area contributed by atoms with Crippen LogP contribution < -0.4 is 5.32 Å². The van der Waals surface area contributed by atoms with Crippen LogP contribution in [0.1, 0.15) is 58.9 Å². The summed E-state index contributed by atoms with van der Waals surface area (Å²) in [5.41, 5.74) is 7.10. The van der Waals surface area contributed by atoms with Gasteiger partial charge in [-0.15, -0.1) is 5.54 Å². The first-order valence-electron chi connectivity index (χ1n) is 9.45. The molecule has 1 aromatic rings. The molecule has 0 aliphatic rings. The number of benzene rings is 1. The Kier molecular flexibility index (Phi) is 7.64. The minimum Gasteiger partial charge on any atom is -0.478 e. The highest BCUT2D eigenvalue weighted by Crippen LogP contribution is 2.27. The second-order valence-electron chi connectivity index (χ2n) is 9.10. The minimum absolute atomic E-state index is 0.0579. The van der Waals surface area contributed by atoms with E-state index in [2.05, 4.69) is 36.4 Å². The van der Waals surface area contributed by atoms with Crippen molar-refractivity contribution in [2.45, 2.75) is 73.3 Å². The van der Waals surface area contributed by atoms with Crippen LogP contribution in [-0.4, -0.2) is 37.3 Å². The molecule has 0 aliphatic carbocycles.